The first kappa shape index (κ1) is 11.5. The first-order chi connectivity index (χ1) is 6.62. The molecular weight excluding hydrogens is 182 g/mol. The van der Waals surface area contributed by atoms with Crippen LogP contribution in [-0.4, -0.2) is 30.8 Å². The van der Waals surface area contributed by atoms with E-state index in [1.165, 1.54) is 0 Å². The molecule has 2 N–H and O–H groups in total. The van der Waals surface area contributed by atoms with Gasteiger partial charge in [0.2, 0.25) is 0 Å². The summed E-state index contributed by atoms with van der Waals surface area (Å²) in [7, 11) is 0. The first-order valence-corrected chi connectivity index (χ1v) is 5.20. The summed E-state index contributed by atoms with van der Waals surface area (Å²) in [5, 5.41) is 0. The fraction of sp³-hybridized carbons (Fsp3) is 0.900. The quantitative estimate of drug-likeness (QED) is 0.684. The Morgan fingerprint density at radius 1 is 1.50 bits per heavy atom. The van der Waals surface area contributed by atoms with Crippen molar-refractivity contribution in [2.24, 2.45) is 5.73 Å². The van der Waals surface area contributed by atoms with Crippen LogP contribution in [0.1, 0.15) is 33.1 Å². The minimum atomic E-state index is -0.810. The number of carbonyl (C=O) groups is 1. The Morgan fingerprint density at radius 2 is 2.21 bits per heavy atom. The Hall–Kier alpha value is -0.610. The summed E-state index contributed by atoms with van der Waals surface area (Å²) in [6.45, 7) is 4.79. The number of ether oxygens (including phenoxy) is 2. The Morgan fingerprint density at radius 3 is 2.79 bits per heavy atom. The smallest absolute Gasteiger partial charge is 0.326 e. The van der Waals surface area contributed by atoms with Gasteiger partial charge in [0.1, 0.15) is 5.54 Å². The van der Waals surface area contributed by atoms with Crippen LogP contribution in [0.25, 0.3) is 0 Å². The van der Waals surface area contributed by atoms with Crippen molar-refractivity contribution in [2.75, 3.05) is 13.2 Å². The summed E-state index contributed by atoms with van der Waals surface area (Å²) < 4.78 is 10.4. The van der Waals surface area contributed by atoms with Crippen molar-refractivity contribution in [2.45, 2.75) is 44.8 Å². The lowest BCUT2D eigenvalue weighted by molar-refractivity contribution is -0.149. The number of nitrogens with two attached hydrogens (primary N) is 1. The van der Waals surface area contributed by atoms with Crippen molar-refractivity contribution >= 4 is 5.97 Å². The average Bonchev–Trinajstić information content (AvgIpc) is 2.50. The third-order valence-electron chi connectivity index (χ3n) is 2.59. The van der Waals surface area contributed by atoms with Gasteiger partial charge >= 0.3 is 5.97 Å². The predicted octanol–water partition coefficient (Wildman–Crippen LogP) is 0.836. The molecule has 0 amide bonds. The molecule has 4 heteroatoms. The molecule has 14 heavy (non-hydrogen) atoms. The highest BCUT2D eigenvalue weighted by atomic mass is 16.5. The number of hydrogen-bond donors (Lipinski definition) is 1. The van der Waals surface area contributed by atoms with Crippen molar-refractivity contribution < 1.29 is 14.3 Å². The third-order valence-corrected chi connectivity index (χ3v) is 2.59. The summed E-state index contributed by atoms with van der Waals surface area (Å²) in [5.74, 6) is -0.290. The van der Waals surface area contributed by atoms with Crippen molar-refractivity contribution in [1.29, 1.82) is 0 Å². The van der Waals surface area contributed by atoms with Gasteiger partial charge < -0.3 is 15.2 Å². The van der Waals surface area contributed by atoms with Crippen LogP contribution in [0.15, 0.2) is 0 Å². The zero-order chi connectivity index (χ0) is 10.6. The molecule has 1 fully saturated rings. The summed E-state index contributed by atoms with van der Waals surface area (Å²) in [6.07, 6.45) is 2.22. The van der Waals surface area contributed by atoms with Crippen LogP contribution in [0.5, 0.6) is 0 Å². The minimum Gasteiger partial charge on any atom is -0.465 e. The van der Waals surface area contributed by atoms with Gasteiger partial charge in [0.15, 0.2) is 0 Å². The van der Waals surface area contributed by atoms with E-state index in [1.54, 1.807) is 6.92 Å². The van der Waals surface area contributed by atoms with Crippen LogP contribution >= 0.6 is 0 Å². The van der Waals surface area contributed by atoms with E-state index in [0.717, 1.165) is 6.42 Å². The summed E-state index contributed by atoms with van der Waals surface area (Å²) in [5.41, 5.74) is 5.15. The van der Waals surface area contributed by atoms with Gasteiger partial charge in [0, 0.05) is 13.0 Å². The molecule has 0 aromatic heterocycles. The predicted molar refractivity (Wildman–Crippen MR) is 52.8 cm³/mol. The molecule has 2 atom stereocenters. The maximum atomic E-state index is 11.5. The number of carbonyl (C=O) groups excluding carboxylic acids is 1. The van der Waals surface area contributed by atoms with E-state index in [9.17, 15) is 4.79 Å². The molecule has 82 valence electrons. The van der Waals surface area contributed by atoms with Gasteiger partial charge in [0.25, 0.3) is 0 Å². The molecule has 0 spiro atoms. The van der Waals surface area contributed by atoms with Crippen LogP contribution < -0.4 is 5.73 Å². The van der Waals surface area contributed by atoms with Crippen LogP contribution in [0.4, 0.5) is 0 Å². The highest BCUT2D eigenvalue weighted by Gasteiger charge is 2.43. The van der Waals surface area contributed by atoms with E-state index in [-0.39, 0.29) is 12.1 Å². The van der Waals surface area contributed by atoms with Gasteiger partial charge in [-0.3, -0.25) is 4.79 Å². The lowest BCUT2D eigenvalue weighted by atomic mass is 10.00. The molecule has 0 radical (unpaired) electrons. The van der Waals surface area contributed by atoms with E-state index in [1.807, 2.05) is 6.92 Å². The second-order valence-electron chi connectivity index (χ2n) is 3.70. The average molecular weight is 201 g/mol. The molecule has 0 bridgehead atoms. The Labute approximate surface area is 84.7 Å². The topological polar surface area (TPSA) is 61.5 Å². The van der Waals surface area contributed by atoms with Crippen LogP contribution in [-0.2, 0) is 14.3 Å². The van der Waals surface area contributed by atoms with Crippen molar-refractivity contribution in [3.05, 3.63) is 0 Å². The van der Waals surface area contributed by atoms with Crippen molar-refractivity contribution in [1.82, 2.24) is 0 Å². The molecule has 4 nitrogen and oxygen atoms in total. The van der Waals surface area contributed by atoms with Crippen molar-refractivity contribution in [3.8, 4) is 0 Å². The summed E-state index contributed by atoms with van der Waals surface area (Å²) in [4.78, 5) is 11.5. The normalized spacial score (nSPS) is 31.8. The number of rotatable bonds is 4. The zero-order valence-corrected chi connectivity index (χ0v) is 8.91. The molecule has 0 aromatic carbocycles. The SMILES string of the molecule is CCOC(=O)C1(N)CCC(OCC)C1. The van der Waals surface area contributed by atoms with E-state index >= 15 is 0 Å². The monoisotopic (exact) mass is 201 g/mol. The second kappa shape index (κ2) is 4.75. The molecule has 1 saturated carbocycles. The Bertz CT molecular complexity index is 208. The van der Waals surface area contributed by atoms with Gasteiger partial charge in [-0.2, -0.15) is 0 Å². The van der Waals surface area contributed by atoms with Gasteiger partial charge in [-0.05, 0) is 26.7 Å². The van der Waals surface area contributed by atoms with E-state index < -0.39 is 5.54 Å². The Balaban J connectivity index is 2.48. The largest absolute Gasteiger partial charge is 0.465 e. The molecule has 0 saturated heterocycles. The maximum Gasteiger partial charge on any atom is 0.326 e. The van der Waals surface area contributed by atoms with Gasteiger partial charge in [-0.1, -0.05) is 0 Å². The van der Waals surface area contributed by atoms with Crippen LogP contribution in [0, 0.1) is 0 Å². The molecule has 1 aliphatic carbocycles. The molecule has 1 rings (SSSR count). The summed E-state index contributed by atoms with van der Waals surface area (Å²) in [6, 6.07) is 0. The summed E-state index contributed by atoms with van der Waals surface area (Å²) >= 11 is 0. The van der Waals surface area contributed by atoms with Gasteiger partial charge in [-0.15, -0.1) is 0 Å². The molecule has 0 aliphatic heterocycles. The van der Waals surface area contributed by atoms with E-state index in [0.29, 0.717) is 26.1 Å². The fourth-order valence-corrected chi connectivity index (χ4v) is 1.87. The molecule has 1 aliphatic rings. The van der Waals surface area contributed by atoms with Crippen molar-refractivity contribution in [3.63, 3.8) is 0 Å². The second-order valence-corrected chi connectivity index (χ2v) is 3.70. The number of hydrogen-bond acceptors (Lipinski definition) is 4. The lowest BCUT2D eigenvalue weighted by Gasteiger charge is -2.21. The minimum absolute atomic E-state index is 0.120. The molecular formula is C10H19NO3. The highest BCUT2D eigenvalue weighted by Crippen LogP contribution is 2.30. The van der Waals surface area contributed by atoms with Crippen LogP contribution in [0.3, 0.4) is 0 Å². The van der Waals surface area contributed by atoms with E-state index in [2.05, 4.69) is 0 Å². The zero-order valence-electron chi connectivity index (χ0n) is 8.91. The Kier molecular flexibility index (Phi) is 3.89. The van der Waals surface area contributed by atoms with Crippen LogP contribution in [0.2, 0.25) is 0 Å². The van der Waals surface area contributed by atoms with Gasteiger partial charge in [0.05, 0.1) is 12.7 Å². The third kappa shape index (κ3) is 2.45. The fourth-order valence-electron chi connectivity index (χ4n) is 1.87. The highest BCUT2D eigenvalue weighted by molar-refractivity contribution is 5.81. The number of esters is 1. The standard InChI is InChI=1S/C10H19NO3/c1-3-13-8-5-6-10(11,7-8)9(12)14-4-2/h8H,3-7,11H2,1-2H3. The lowest BCUT2D eigenvalue weighted by Crippen LogP contribution is -2.47. The molecule has 0 aromatic rings. The first-order valence-electron chi connectivity index (χ1n) is 5.20. The van der Waals surface area contributed by atoms with E-state index in [4.69, 9.17) is 15.2 Å². The maximum absolute atomic E-state index is 11.5. The molecule has 2 unspecified atom stereocenters. The van der Waals surface area contributed by atoms with Gasteiger partial charge in [-0.25, -0.2) is 0 Å². The molecule has 0 heterocycles.